The van der Waals surface area contributed by atoms with Crippen molar-refractivity contribution in [2.24, 2.45) is 0 Å². The molecule has 0 aliphatic heterocycles. The van der Waals surface area contributed by atoms with Crippen molar-refractivity contribution in [3.63, 3.8) is 0 Å². The maximum absolute atomic E-state index is 12.0. The van der Waals surface area contributed by atoms with Gasteiger partial charge >= 0.3 is 0 Å². The van der Waals surface area contributed by atoms with Crippen molar-refractivity contribution in [3.05, 3.63) is 64.2 Å². The second kappa shape index (κ2) is 6.39. The maximum Gasteiger partial charge on any atom is 0.270 e. The molecule has 0 spiro atoms. The predicted octanol–water partition coefficient (Wildman–Crippen LogP) is 2.20. The molecular formula is C17H16N4O2. The minimum atomic E-state index is -0.259. The highest BCUT2D eigenvalue weighted by molar-refractivity contribution is 5.89. The van der Waals surface area contributed by atoms with Gasteiger partial charge in [0.25, 0.3) is 5.56 Å². The Balaban J connectivity index is 1.69. The second-order valence-corrected chi connectivity index (χ2v) is 5.24. The molecule has 6 heteroatoms. The monoisotopic (exact) mass is 308 g/mol. The molecule has 116 valence electrons. The van der Waals surface area contributed by atoms with Crippen molar-refractivity contribution in [3.8, 4) is 0 Å². The maximum atomic E-state index is 12.0. The van der Waals surface area contributed by atoms with Crippen LogP contribution in [0.5, 0.6) is 0 Å². The summed E-state index contributed by atoms with van der Waals surface area (Å²) >= 11 is 0. The zero-order valence-corrected chi connectivity index (χ0v) is 12.7. The van der Waals surface area contributed by atoms with Crippen molar-refractivity contribution < 1.29 is 4.79 Å². The van der Waals surface area contributed by atoms with Gasteiger partial charge in [-0.05, 0) is 31.2 Å². The van der Waals surface area contributed by atoms with Crippen LogP contribution in [0.25, 0.3) is 11.0 Å². The van der Waals surface area contributed by atoms with E-state index in [9.17, 15) is 9.59 Å². The normalized spacial score (nSPS) is 10.7. The van der Waals surface area contributed by atoms with E-state index in [2.05, 4.69) is 20.3 Å². The largest absolute Gasteiger partial charge is 0.319 e. The molecule has 2 aromatic heterocycles. The average molecular weight is 308 g/mol. The van der Waals surface area contributed by atoms with Gasteiger partial charge in [0.05, 0.1) is 11.0 Å². The number of anilines is 1. The number of benzene rings is 1. The molecule has 6 nitrogen and oxygen atoms in total. The van der Waals surface area contributed by atoms with Gasteiger partial charge in [-0.1, -0.05) is 18.2 Å². The van der Waals surface area contributed by atoms with Gasteiger partial charge in [0.1, 0.15) is 11.5 Å². The Hall–Kier alpha value is -3.02. The number of rotatable bonds is 4. The number of aromatic amines is 1. The lowest BCUT2D eigenvalue weighted by atomic mass is 10.2. The molecule has 1 aromatic carbocycles. The molecule has 0 fully saturated rings. The number of aromatic nitrogens is 3. The number of pyridine rings is 1. The number of hydrogen-bond acceptors (Lipinski definition) is 4. The topological polar surface area (TPSA) is 87.7 Å². The molecule has 0 unspecified atom stereocenters. The van der Waals surface area contributed by atoms with Gasteiger partial charge in [-0.3, -0.25) is 9.59 Å². The number of carbonyl (C=O) groups is 1. The summed E-state index contributed by atoms with van der Waals surface area (Å²) in [6.45, 7) is 1.86. The fraction of sp³-hybridized carbons (Fsp3) is 0.176. The van der Waals surface area contributed by atoms with E-state index in [1.54, 1.807) is 12.1 Å². The minimum Gasteiger partial charge on any atom is -0.319 e. The van der Waals surface area contributed by atoms with Gasteiger partial charge in [-0.25, -0.2) is 9.97 Å². The highest BCUT2D eigenvalue weighted by Crippen LogP contribution is 2.08. The Labute approximate surface area is 132 Å². The number of hydrogen-bond donors (Lipinski definition) is 2. The zero-order valence-electron chi connectivity index (χ0n) is 12.7. The van der Waals surface area contributed by atoms with Crippen LogP contribution in [0, 0.1) is 6.92 Å². The summed E-state index contributed by atoms with van der Waals surface area (Å²) in [7, 11) is 0. The number of fused-ring (bicyclic) bond motifs is 1. The molecule has 0 aliphatic carbocycles. The Morgan fingerprint density at radius 2 is 1.96 bits per heavy atom. The molecule has 2 heterocycles. The molecule has 0 radical (unpaired) electrons. The highest BCUT2D eigenvalue weighted by Gasteiger charge is 2.09. The van der Waals surface area contributed by atoms with Gasteiger partial charge in [0, 0.05) is 18.5 Å². The van der Waals surface area contributed by atoms with Crippen molar-refractivity contribution in [1.82, 2.24) is 15.0 Å². The minimum absolute atomic E-state index is 0.171. The van der Waals surface area contributed by atoms with Gasteiger partial charge in [0.15, 0.2) is 0 Å². The Kier molecular flexibility index (Phi) is 4.14. The first-order chi connectivity index (χ1) is 11.1. The molecule has 3 aromatic rings. The SMILES string of the molecule is Cc1cccc(NC(=O)CCc2nc3ccccc3[nH]c2=O)n1. The number of nitrogens with one attached hydrogen (secondary N) is 2. The summed E-state index contributed by atoms with van der Waals surface area (Å²) in [6, 6.07) is 12.7. The van der Waals surface area contributed by atoms with Gasteiger partial charge < -0.3 is 10.3 Å². The lowest BCUT2D eigenvalue weighted by Crippen LogP contribution is -2.19. The highest BCUT2D eigenvalue weighted by atomic mass is 16.1. The first-order valence-electron chi connectivity index (χ1n) is 7.33. The molecule has 0 saturated heterocycles. The van der Waals surface area contributed by atoms with Gasteiger partial charge in [-0.2, -0.15) is 0 Å². The summed E-state index contributed by atoms with van der Waals surface area (Å²) in [5.74, 6) is 0.313. The van der Waals surface area contributed by atoms with Crippen molar-refractivity contribution in [2.45, 2.75) is 19.8 Å². The summed E-state index contributed by atoms with van der Waals surface area (Å²) in [4.78, 5) is 35.3. The van der Waals surface area contributed by atoms with Crippen LogP contribution < -0.4 is 10.9 Å². The van der Waals surface area contributed by atoms with E-state index < -0.39 is 0 Å². The molecule has 23 heavy (non-hydrogen) atoms. The average Bonchev–Trinajstić information content (AvgIpc) is 2.53. The summed E-state index contributed by atoms with van der Waals surface area (Å²) in [5, 5.41) is 2.72. The van der Waals surface area contributed by atoms with E-state index in [0.717, 1.165) is 5.69 Å². The van der Waals surface area contributed by atoms with E-state index in [1.807, 2.05) is 37.3 Å². The fourth-order valence-corrected chi connectivity index (χ4v) is 2.29. The van der Waals surface area contributed by atoms with E-state index in [-0.39, 0.29) is 24.3 Å². The van der Waals surface area contributed by atoms with Gasteiger partial charge in [-0.15, -0.1) is 0 Å². The molecule has 0 atom stereocenters. The molecular weight excluding hydrogens is 292 g/mol. The summed E-state index contributed by atoms with van der Waals surface area (Å²) < 4.78 is 0. The van der Waals surface area contributed by atoms with Crippen LogP contribution in [-0.4, -0.2) is 20.9 Å². The number of H-pyrrole nitrogens is 1. The number of nitrogens with zero attached hydrogens (tertiary/aromatic N) is 2. The lowest BCUT2D eigenvalue weighted by Gasteiger charge is -2.05. The van der Waals surface area contributed by atoms with E-state index in [0.29, 0.717) is 22.5 Å². The third-order valence-corrected chi connectivity index (χ3v) is 3.41. The number of carbonyl (C=O) groups excluding carboxylic acids is 1. The smallest absolute Gasteiger partial charge is 0.270 e. The number of para-hydroxylation sites is 2. The Bertz CT molecular complexity index is 918. The summed E-state index contributed by atoms with van der Waals surface area (Å²) in [5.41, 5.74) is 2.33. The molecule has 0 bridgehead atoms. The van der Waals surface area contributed by atoms with Crippen LogP contribution in [0.1, 0.15) is 17.8 Å². The second-order valence-electron chi connectivity index (χ2n) is 5.24. The fourth-order valence-electron chi connectivity index (χ4n) is 2.29. The Morgan fingerprint density at radius 1 is 1.13 bits per heavy atom. The first kappa shape index (κ1) is 14.9. The van der Waals surface area contributed by atoms with Crippen LogP contribution in [0.15, 0.2) is 47.3 Å². The Morgan fingerprint density at radius 3 is 2.78 bits per heavy atom. The van der Waals surface area contributed by atoms with Crippen molar-refractivity contribution >= 4 is 22.8 Å². The van der Waals surface area contributed by atoms with E-state index >= 15 is 0 Å². The quantitative estimate of drug-likeness (QED) is 0.773. The zero-order chi connectivity index (χ0) is 16.2. The lowest BCUT2D eigenvalue weighted by molar-refractivity contribution is -0.116. The molecule has 0 saturated carbocycles. The van der Waals surface area contributed by atoms with E-state index in [1.165, 1.54) is 0 Å². The van der Waals surface area contributed by atoms with Crippen LogP contribution in [0.2, 0.25) is 0 Å². The number of amides is 1. The van der Waals surface area contributed by atoms with Crippen molar-refractivity contribution in [2.75, 3.05) is 5.32 Å². The first-order valence-corrected chi connectivity index (χ1v) is 7.33. The van der Waals surface area contributed by atoms with Crippen LogP contribution in [0.4, 0.5) is 5.82 Å². The third kappa shape index (κ3) is 3.60. The van der Waals surface area contributed by atoms with Crippen LogP contribution in [0.3, 0.4) is 0 Å². The van der Waals surface area contributed by atoms with Crippen molar-refractivity contribution in [1.29, 1.82) is 0 Å². The molecule has 3 rings (SSSR count). The van der Waals surface area contributed by atoms with Gasteiger partial charge in [0.2, 0.25) is 5.91 Å². The van der Waals surface area contributed by atoms with Crippen LogP contribution in [-0.2, 0) is 11.2 Å². The molecule has 1 amide bonds. The standard InChI is InChI=1S/C17H16N4O2/c1-11-5-4-8-15(18-11)21-16(22)10-9-14-17(23)20-13-7-3-2-6-12(13)19-14/h2-8H,9-10H2,1H3,(H,20,23)(H,18,21,22). The van der Waals surface area contributed by atoms with Crippen LogP contribution >= 0.6 is 0 Å². The molecule has 0 aliphatic rings. The summed E-state index contributed by atoms with van der Waals surface area (Å²) in [6.07, 6.45) is 0.446. The third-order valence-electron chi connectivity index (χ3n) is 3.41. The predicted molar refractivity (Wildman–Crippen MR) is 88.3 cm³/mol. The number of aryl methyl sites for hydroxylation is 2. The molecule has 2 N–H and O–H groups in total. The van der Waals surface area contributed by atoms with E-state index in [4.69, 9.17) is 0 Å².